The van der Waals surface area contributed by atoms with E-state index in [0.29, 0.717) is 24.3 Å². The Hall–Kier alpha value is -0.260. The van der Waals surface area contributed by atoms with Crippen LogP contribution in [-0.4, -0.2) is 72.5 Å². The maximum absolute atomic E-state index is 12.3. The van der Waals surface area contributed by atoms with Crippen LogP contribution in [0.3, 0.4) is 0 Å². The van der Waals surface area contributed by atoms with Crippen molar-refractivity contribution in [2.45, 2.75) is 32.7 Å². The number of nitrogens with zero attached hydrogens (tertiary/aromatic N) is 2. The van der Waals surface area contributed by atoms with Crippen molar-refractivity contribution in [3.05, 3.63) is 0 Å². The van der Waals surface area contributed by atoms with Gasteiger partial charge in [-0.1, -0.05) is 13.8 Å². The lowest BCUT2D eigenvalue weighted by Crippen LogP contribution is -2.42. The Balaban J connectivity index is 1.72. The van der Waals surface area contributed by atoms with E-state index in [1.807, 2.05) is 11.8 Å². The first-order valence-electron chi connectivity index (χ1n) is 8.04. The predicted octanol–water partition coefficient (Wildman–Crippen LogP) is 1.27. The smallest absolute Gasteiger partial charge is 0.224 e. The lowest BCUT2D eigenvalue weighted by molar-refractivity contribution is -0.130. The van der Waals surface area contributed by atoms with Crippen LogP contribution in [0.5, 0.6) is 0 Å². The quantitative estimate of drug-likeness (QED) is 0.801. The van der Waals surface area contributed by atoms with Gasteiger partial charge in [0.25, 0.3) is 0 Å². The van der Waals surface area contributed by atoms with Gasteiger partial charge in [0.1, 0.15) is 0 Å². The topological polar surface area (TPSA) is 35.6 Å². The van der Waals surface area contributed by atoms with Gasteiger partial charge in [-0.2, -0.15) is 11.8 Å². The minimum atomic E-state index is 0.354. The van der Waals surface area contributed by atoms with E-state index in [2.05, 4.69) is 29.0 Å². The van der Waals surface area contributed by atoms with Gasteiger partial charge in [0.05, 0.1) is 0 Å². The minimum Gasteiger partial charge on any atom is -0.342 e. The van der Waals surface area contributed by atoms with Crippen LogP contribution in [0, 0.1) is 5.92 Å². The molecule has 2 saturated heterocycles. The van der Waals surface area contributed by atoms with E-state index in [0.717, 1.165) is 45.0 Å². The first-order chi connectivity index (χ1) is 9.72. The monoisotopic (exact) mass is 299 g/mol. The third-order valence-corrected chi connectivity index (χ3v) is 5.60. The fourth-order valence-electron chi connectivity index (χ4n) is 3.15. The summed E-state index contributed by atoms with van der Waals surface area (Å²) in [5.74, 6) is 3.29. The van der Waals surface area contributed by atoms with Gasteiger partial charge < -0.3 is 15.1 Å². The highest BCUT2D eigenvalue weighted by molar-refractivity contribution is 7.99. The summed E-state index contributed by atoms with van der Waals surface area (Å²) in [6.07, 6.45) is 1.86. The molecule has 20 heavy (non-hydrogen) atoms. The first kappa shape index (κ1) is 16.1. The molecule has 116 valence electrons. The van der Waals surface area contributed by atoms with Crippen LogP contribution in [-0.2, 0) is 4.79 Å². The van der Waals surface area contributed by atoms with Gasteiger partial charge in [-0.15, -0.1) is 0 Å². The number of rotatable bonds is 6. The zero-order valence-electron chi connectivity index (χ0n) is 12.9. The number of thioether (sulfide) groups is 1. The Bertz CT molecular complexity index is 303. The van der Waals surface area contributed by atoms with E-state index in [1.165, 1.54) is 12.2 Å². The van der Waals surface area contributed by atoms with E-state index in [-0.39, 0.29) is 0 Å². The van der Waals surface area contributed by atoms with Crippen LogP contribution in [0.2, 0.25) is 0 Å². The van der Waals surface area contributed by atoms with Crippen molar-refractivity contribution in [3.63, 3.8) is 0 Å². The number of nitrogens with one attached hydrogen (secondary N) is 1. The molecule has 0 aromatic carbocycles. The lowest BCUT2D eigenvalue weighted by atomic mass is 10.1. The van der Waals surface area contributed by atoms with Gasteiger partial charge in [-0.25, -0.2) is 0 Å². The van der Waals surface area contributed by atoms with Gasteiger partial charge in [0.15, 0.2) is 0 Å². The lowest BCUT2D eigenvalue weighted by Gasteiger charge is -2.26. The SMILES string of the molecule is CCN(CC)CC1CCN(C(=O)CC2CSCCN2)C1. The predicted molar refractivity (Wildman–Crippen MR) is 86.2 cm³/mol. The Labute approximate surface area is 127 Å². The van der Waals surface area contributed by atoms with Gasteiger partial charge in [0.2, 0.25) is 5.91 Å². The third-order valence-electron chi connectivity index (χ3n) is 4.47. The second-order valence-electron chi connectivity index (χ2n) is 5.91. The molecule has 0 spiro atoms. The molecular formula is C15H29N3OS. The molecule has 2 heterocycles. The molecule has 5 heteroatoms. The van der Waals surface area contributed by atoms with Crippen LogP contribution in [0.4, 0.5) is 0 Å². The van der Waals surface area contributed by atoms with Crippen LogP contribution in [0.15, 0.2) is 0 Å². The molecule has 2 aliphatic heterocycles. The molecule has 0 aromatic rings. The Morgan fingerprint density at radius 1 is 1.40 bits per heavy atom. The summed E-state index contributed by atoms with van der Waals surface area (Å²) < 4.78 is 0. The minimum absolute atomic E-state index is 0.354. The van der Waals surface area contributed by atoms with E-state index in [1.54, 1.807) is 0 Å². The summed E-state index contributed by atoms with van der Waals surface area (Å²) in [5.41, 5.74) is 0. The second kappa shape index (κ2) is 8.25. The zero-order valence-corrected chi connectivity index (χ0v) is 13.8. The number of hydrogen-bond acceptors (Lipinski definition) is 4. The molecule has 2 aliphatic rings. The molecule has 0 radical (unpaired) electrons. The van der Waals surface area contributed by atoms with E-state index >= 15 is 0 Å². The van der Waals surface area contributed by atoms with Gasteiger partial charge in [0, 0.05) is 50.1 Å². The van der Waals surface area contributed by atoms with E-state index in [4.69, 9.17) is 0 Å². The zero-order chi connectivity index (χ0) is 14.4. The first-order valence-corrected chi connectivity index (χ1v) is 9.19. The summed E-state index contributed by atoms with van der Waals surface area (Å²) in [6, 6.07) is 0.392. The summed E-state index contributed by atoms with van der Waals surface area (Å²) in [6.45, 7) is 10.8. The molecular weight excluding hydrogens is 270 g/mol. The Morgan fingerprint density at radius 2 is 2.20 bits per heavy atom. The number of hydrogen-bond donors (Lipinski definition) is 1. The standard InChI is InChI=1S/C15H29N3OS/c1-3-17(4-2)10-13-5-7-18(11-13)15(19)9-14-12-20-8-6-16-14/h13-14,16H,3-12H2,1-2H3. The Morgan fingerprint density at radius 3 is 2.85 bits per heavy atom. The Kier molecular flexibility index (Phi) is 6.65. The average molecular weight is 299 g/mol. The molecule has 2 unspecified atom stereocenters. The normalized spacial score (nSPS) is 27.2. The van der Waals surface area contributed by atoms with Crippen LogP contribution >= 0.6 is 11.8 Å². The van der Waals surface area contributed by atoms with Crippen LogP contribution < -0.4 is 5.32 Å². The molecule has 2 atom stereocenters. The van der Waals surface area contributed by atoms with E-state index in [9.17, 15) is 4.79 Å². The van der Waals surface area contributed by atoms with Gasteiger partial charge >= 0.3 is 0 Å². The van der Waals surface area contributed by atoms with Crippen LogP contribution in [0.1, 0.15) is 26.7 Å². The number of carbonyl (C=O) groups is 1. The van der Waals surface area contributed by atoms with Crippen molar-refractivity contribution in [3.8, 4) is 0 Å². The molecule has 0 aromatic heterocycles. The fraction of sp³-hybridized carbons (Fsp3) is 0.933. The fourth-order valence-corrected chi connectivity index (χ4v) is 4.09. The van der Waals surface area contributed by atoms with Gasteiger partial charge in [-0.05, 0) is 25.4 Å². The highest BCUT2D eigenvalue weighted by Gasteiger charge is 2.28. The molecule has 4 nitrogen and oxygen atoms in total. The molecule has 1 amide bonds. The molecule has 2 rings (SSSR count). The highest BCUT2D eigenvalue weighted by atomic mass is 32.2. The highest BCUT2D eigenvalue weighted by Crippen LogP contribution is 2.19. The van der Waals surface area contributed by atoms with Crippen molar-refractivity contribution in [2.24, 2.45) is 5.92 Å². The largest absolute Gasteiger partial charge is 0.342 e. The molecule has 1 N–H and O–H groups in total. The summed E-state index contributed by atoms with van der Waals surface area (Å²) >= 11 is 1.96. The van der Waals surface area contributed by atoms with Crippen LogP contribution in [0.25, 0.3) is 0 Å². The number of carbonyl (C=O) groups excluding carboxylic acids is 1. The maximum Gasteiger partial charge on any atom is 0.224 e. The third kappa shape index (κ3) is 4.64. The van der Waals surface area contributed by atoms with Gasteiger partial charge in [-0.3, -0.25) is 4.79 Å². The van der Waals surface area contributed by atoms with Crippen molar-refractivity contribution >= 4 is 17.7 Å². The molecule has 0 bridgehead atoms. The number of amides is 1. The number of likely N-dealkylation sites (tertiary alicyclic amines) is 1. The van der Waals surface area contributed by atoms with Crippen molar-refractivity contribution in [2.75, 3.05) is 50.8 Å². The molecule has 0 saturated carbocycles. The summed E-state index contributed by atoms with van der Waals surface area (Å²) in [5, 5.41) is 3.46. The molecule has 2 fully saturated rings. The van der Waals surface area contributed by atoms with Crippen molar-refractivity contribution in [1.29, 1.82) is 0 Å². The maximum atomic E-state index is 12.3. The second-order valence-corrected chi connectivity index (χ2v) is 7.06. The summed E-state index contributed by atoms with van der Waals surface area (Å²) in [7, 11) is 0. The van der Waals surface area contributed by atoms with Crippen molar-refractivity contribution < 1.29 is 4.79 Å². The molecule has 0 aliphatic carbocycles. The van der Waals surface area contributed by atoms with Crippen molar-refractivity contribution in [1.82, 2.24) is 15.1 Å². The van der Waals surface area contributed by atoms with E-state index < -0.39 is 0 Å². The average Bonchev–Trinajstić information content (AvgIpc) is 2.94. The summed E-state index contributed by atoms with van der Waals surface area (Å²) in [4.78, 5) is 16.9.